The van der Waals surface area contributed by atoms with Gasteiger partial charge >= 0.3 is 0 Å². The van der Waals surface area contributed by atoms with Crippen molar-refractivity contribution in [3.8, 4) is 23.3 Å². The Bertz CT molecular complexity index is 818. The van der Waals surface area contributed by atoms with Crippen LogP contribution in [0.5, 0.6) is 17.2 Å². The van der Waals surface area contributed by atoms with Crippen LogP contribution >= 0.6 is 0 Å². The summed E-state index contributed by atoms with van der Waals surface area (Å²) in [5.41, 5.74) is 0.936. The van der Waals surface area contributed by atoms with Crippen molar-refractivity contribution < 1.29 is 19.4 Å². The van der Waals surface area contributed by atoms with E-state index in [0.29, 0.717) is 29.2 Å². The number of hydrogen-bond donors (Lipinski definition) is 1. The molecule has 0 bridgehead atoms. The molecule has 2 aromatic carbocycles. The van der Waals surface area contributed by atoms with Crippen LogP contribution in [0.4, 0.5) is 0 Å². The SMILES string of the molecule is CCOc1cc(/C=C(\C#N)C(=O)c2cccc(OC)c2)ccc1O. The van der Waals surface area contributed by atoms with E-state index in [4.69, 9.17) is 9.47 Å². The molecule has 0 fully saturated rings. The molecule has 0 saturated heterocycles. The maximum absolute atomic E-state index is 12.5. The normalized spacial score (nSPS) is 10.8. The Morgan fingerprint density at radius 1 is 1.29 bits per heavy atom. The molecule has 0 saturated carbocycles. The number of nitriles is 1. The average Bonchev–Trinajstić information content (AvgIpc) is 2.62. The summed E-state index contributed by atoms with van der Waals surface area (Å²) in [7, 11) is 1.51. The van der Waals surface area contributed by atoms with Gasteiger partial charge in [0.2, 0.25) is 5.78 Å². The molecule has 0 aliphatic carbocycles. The van der Waals surface area contributed by atoms with Gasteiger partial charge in [-0.1, -0.05) is 18.2 Å². The zero-order valence-electron chi connectivity index (χ0n) is 13.4. The number of benzene rings is 2. The largest absolute Gasteiger partial charge is 0.504 e. The van der Waals surface area contributed by atoms with Gasteiger partial charge in [0.15, 0.2) is 11.5 Å². The predicted molar refractivity (Wildman–Crippen MR) is 90.2 cm³/mol. The summed E-state index contributed by atoms with van der Waals surface area (Å²) < 4.78 is 10.4. The molecule has 5 heteroatoms. The first-order valence-corrected chi connectivity index (χ1v) is 7.35. The Labute approximate surface area is 140 Å². The Hall–Kier alpha value is -3.26. The second-order valence-electron chi connectivity index (χ2n) is 4.89. The lowest BCUT2D eigenvalue weighted by molar-refractivity contribution is 0.103. The first-order valence-electron chi connectivity index (χ1n) is 7.35. The molecule has 0 atom stereocenters. The van der Waals surface area contributed by atoms with Gasteiger partial charge in [-0.05, 0) is 42.8 Å². The van der Waals surface area contributed by atoms with Crippen molar-refractivity contribution >= 4 is 11.9 Å². The first-order chi connectivity index (χ1) is 11.6. The zero-order valence-corrected chi connectivity index (χ0v) is 13.4. The van der Waals surface area contributed by atoms with Crippen LogP contribution in [0.3, 0.4) is 0 Å². The van der Waals surface area contributed by atoms with Crippen molar-refractivity contribution in [3.63, 3.8) is 0 Å². The van der Waals surface area contributed by atoms with Crippen LogP contribution in [-0.4, -0.2) is 24.6 Å². The standard InChI is InChI=1S/C19H17NO4/c1-3-24-18-10-13(7-8-17(18)21)9-15(12-20)19(22)14-5-4-6-16(11-14)23-2/h4-11,21H,3H2,1-2H3/b15-9+. The lowest BCUT2D eigenvalue weighted by Crippen LogP contribution is -2.02. The molecule has 2 aromatic rings. The van der Waals surface area contributed by atoms with Crippen molar-refractivity contribution in [1.82, 2.24) is 0 Å². The molecule has 0 aliphatic rings. The number of nitrogens with zero attached hydrogens (tertiary/aromatic N) is 1. The van der Waals surface area contributed by atoms with E-state index in [2.05, 4.69) is 0 Å². The molecule has 0 radical (unpaired) electrons. The second-order valence-corrected chi connectivity index (χ2v) is 4.89. The van der Waals surface area contributed by atoms with E-state index in [9.17, 15) is 15.2 Å². The number of phenolic OH excluding ortho intramolecular Hbond substituents is 1. The fourth-order valence-corrected chi connectivity index (χ4v) is 2.13. The van der Waals surface area contributed by atoms with Gasteiger partial charge in [0.05, 0.1) is 13.7 Å². The molecule has 0 aliphatic heterocycles. The Morgan fingerprint density at radius 3 is 2.75 bits per heavy atom. The highest BCUT2D eigenvalue weighted by molar-refractivity contribution is 6.14. The predicted octanol–water partition coefficient (Wildman–Crippen LogP) is 3.59. The van der Waals surface area contributed by atoms with Gasteiger partial charge in [-0.3, -0.25) is 4.79 Å². The van der Waals surface area contributed by atoms with Gasteiger partial charge in [-0.2, -0.15) is 5.26 Å². The molecule has 0 unspecified atom stereocenters. The molecule has 2 rings (SSSR count). The Kier molecular flexibility index (Phi) is 5.58. The van der Waals surface area contributed by atoms with Crippen LogP contribution in [0.25, 0.3) is 6.08 Å². The van der Waals surface area contributed by atoms with Crippen molar-refractivity contribution in [2.24, 2.45) is 0 Å². The summed E-state index contributed by atoms with van der Waals surface area (Å²) in [5, 5.41) is 19.0. The van der Waals surface area contributed by atoms with Crippen LogP contribution in [0.15, 0.2) is 48.0 Å². The fraction of sp³-hybridized carbons (Fsp3) is 0.158. The lowest BCUT2D eigenvalue weighted by atomic mass is 10.0. The maximum Gasteiger partial charge on any atom is 0.203 e. The number of phenols is 1. The lowest BCUT2D eigenvalue weighted by Gasteiger charge is -2.07. The number of rotatable bonds is 6. The van der Waals surface area contributed by atoms with E-state index in [1.807, 2.05) is 6.07 Å². The zero-order chi connectivity index (χ0) is 17.5. The topological polar surface area (TPSA) is 79.5 Å². The molecule has 0 spiro atoms. The van der Waals surface area contributed by atoms with E-state index in [-0.39, 0.29) is 11.3 Å². The van der Waals surface area contributed by atoms with E-state index in [1.165, 1.54) is 19.3 Å². The summed E-state index contributed by atoms with van der Waals surface area (Å²) >= 11 is 0. The Morgan fingerprint density at radius 2 is 2.08 bits per heavy atom. The van der Waals surface area contributed by atoms with Gasteiger partial charge in [0.1, 0.15) is 17.4 Å². The third-order valence-electron chi connectivity index (χ3n) is 3.29. The highest BCUT2D eigenvalue weighted by Crippen LogP contribution is 2.28. The van der Waals surface area contributed by atoms with Crippen LogP contribution < -0.4 is 9.47 Å². The summed E-state index contributed by atoms with van der Waals surface area (Å²) in [5.74, 6) is 0.452. The van der Waals surface area contributed by atoms with Crippen LogP contribution in [0.1, 0.15) is 22.8 Å². The number of hydrogen-bond acceptors (Lipinski definition) is 5. The number of carbonyl (C=O) groups excluding carboxylic acids is 1. The number of Topliss-reactive ketones (excluding diaryl/α,β-unsaturated/α-hetero) is 1. The van der Waals surface area contributed by atoms with Gasteiger partial charge < -0.3 is 14.6 Å². The highest BCUT2D eigenvalue weighted by atomic mass is 16.5. The van der Waals surface area contributed by atoms with Crippen molar-refractivity contribution in [2.45, 2.75) is 6.92 Å². The minimum Gasteiger partial charge on any atom is -0.504 e. The monoisotopic (exact) mass is 323 g/mol. The molecule has 24 heavy (non-hydrogen) atoms. The number of allylic oxidation sites excluding steroid dienone is 1. The number of aromatic hydroxyl groups is 1. The molecule has 0 aromatic heterocycles. The van der Waals surface area contributed by atoms with E-state index in [0.717, 1.165) is 0 Å². The minimum absolute atomic E-state index is 0.00614. The molecule has 0 heterocycles. The van der Waals surface area contributed by atoms with E-state index in [1.54, 1.807) is 43.3 Å². The second kappa shape index (κ2) is 7.84. The van der Waals surface area contributed by atoms with E-state index < -0.39 is 5.78 Å². The molecule has 5 nitrogen and oxygen atoms in total. The number of ether oxygens (including phenoxy) is 2. The van der Waals surface area contributed by atoms with E-state index >= 15 is 0 Å². The fourth-order valence-electron chi connectivity index (χ4n) is 2.13. The Balaban J connectivity index is 2.37. The molecular weight excluding hydrogens is 306 g/mol. The van der Waals surface area contributed by atoms with Crippen LogP contribution in [-0.2, 0) is 0 Å². The number of carbonyl (C=O) groups is 1. The molecule has 122 valence electrons. The smallest absolute Gasteiger partial charge is 0.203 e. The van der Waals surface area contributed by atoms with Crippen molar-refractivity contribution in [1.29, 1.82) is 5.26 Å². The van der Waals surface area contributed by atoms with Crippen molar-refractivity contribution in [2.75, 3.05) is 13.7 Å². The number of ketones is 1. The minimum atomic E-state index is -0.401. The van der Waals surface area contributed by atoms with Crippen LogP contribution in [0.2, 0.25) is 0 Å². The molecule has 0 amide bonds. The summed E-state index contributed by atoms with van der Waals surface area (Å²) in [6, 6.07) is 13.2. The van der Waals surface area contributed by atoms with Gasteiger partial charge in [0, 0.05) is 5.56 Å². The quantitative estimate of drug-likeness (QED) is 0.499. The maximum atomic E-state index is 12.5. The highest BCUT2D eigenvalue weighted by Gasteiger charge is 2.13. The van der Waals surface area contributed by atoms with Crippen molar-refractivity contribution in [3.05, 3.63) is 59.2 Å². The van der Waals surface area contributed by atoms with Gasteiger partial charge in [-0.15, -0.1) is 0 Å². The summed E-state index contributed by atoms with van der Waals surface area (Å²) in [6.07, 6.45) is 1.46. The number of methoxy groups -OCH3 is 1. The summed E-state index contributed by atoms with van der Waals surface area (Å²) in [6.45, 7) is 2.20. The van der Waals surface area contributed by atoms with Gasteiger partial charge in [0.25, 0.3) is 0 Å². The van der Waals surface area contributed by atoms with Gasteiger partial charge in [-0.25, -0.2) is 0 Å². The average molecular weight is 323 g/mol. The molecule has 1 N–H and O–H groups in total. The summed E-state index contributed by atoms with van der Waals surface area (Å²) in [4.78, 5) is 12.5. The first kappa shape index (κ1) is 17.1. The molecular formula is C19H17NO4. The van der Waals surface area contributed by atoms with Crippen LogP contribution in [0, 0.1) is 11.3 Å². The third kappa shape index (κ3) is 3.93. The third-order valence-corrected chi connectivity index (χ3v) is 3.29.